The van der Waals surface area contributed by atoms with Crippen LogP contribution in [-0.4, -0.2) is 15.0 Å². The standard InChI is InChI=1S/C8H7N3S/c1-5-10-7-6(8(12)11-5)3-2-4-9-7/h2-4H,1H3,(H,9,10,11,12). The van der Waals surface area contributed by atoms with Crippen molar-refractivity contribution in [2.45, 2.75) is 11.9 Å². The van der Waals surface area contributed by atoms with Crippen molar-refractivity contribution in [3.05, 3.63) is 24.2 Å². The smallest absolute Gasteiger partial charge is 0.163 e. The van der Waals surface area contributed by atoms with Gasteiger partial charge in [-0.2, -0.15) is 0 Å². The van der Waals surface area contributed by atoms with Crippen molar-refractivity contribution in [1.29, 1.82) is 0 Å². The first-order valence-corrected chi connectivity index (χ1v) is 4.00. The number of pyridine rings is 1. The van der Waals surface area contributed by atoms with E-state index in [2.05, 4.69) is 27.6 Å². The maximum Gasteiger partial charge on any atom is 0.163 e. The molecule has 4 heteroatoms. The fourth-order valence-electron chi connectivity index (χ4n) is 1.05. The Balaban J connectivity index is 2.89. The van der Waals surface area contributed by atoms with E-state index in [1.54, 1.807) is 6.20 Å². The first-order chi connectivity index (χ1) is 5.77. The molecule has 0 aliphatic carbocycles. The van der Waals surface area contributed by atoms with E-state index in [1.165, 1.54) is 0 Å². The van der Waals surface area contributed by atoms with Crippen molar-refractivity contribution in [1.82, 2.24) is 15.0 Å². The summed E-state index contributed by atoms with van der Waals surface area (Å²) in [6.45, 7) is 1.83. The number of aryl methyl sites for hydroxylation is 1. The largest absolute Gasteiger partial charge is 0.236 e. The van der Waals surface area contributed by atoms with Crippen LogP contribution in [0.25, 0.3) is 11.0 Å². The predicted octanol–water partition coefficient (Wildman–Crippen LogP) is 1.62. The second-order valence-electron chi connectivity index (χ2n) is 2.47. The Hall–Kier alpha value is -1.16. The summed E-state index contributed by atoms with van der Waals surface area (Å²) < 4.78 is 0. The van der Waals surface area contributed by atoms with Crippen molar-refractivity contribution in [3.63, 3.8) is 0 Å². The predicted molar refractivity (Wildman–Crippen MR) is 49.3 cm³/mol. The van der Waals surface area contributed by atoms with Gasteiger partial charge in [0.2, 0.25) is 0 Å². The molecule has 12 heavy (non-hydrogen) atoms. The second kappa shape index (κ2) is 2.71. The highest BCUT2D eigenvalue weighted by atomic mass is 32.1. The van der Waals surface area contributed by atoms with Gasteiger partial charge in [-0.25, -0.2) is 15.0 Å². The first kappa shape index (κ1) is 7.49. The number of hydrogen-bond donors (Lipinski definition) is 1. The molecule has 3 nitrogen and oxygen atoms in total. The van der Waals surface area contributed by atoms with E-state index in [1.807, 2.05) is 19.1 Å². The maximum absolute atomic E-state index is 4.23. The topological polar surface area (TPSA) is 38.7 Å². The number of aromatic nitrogens is 3. The number of nitrogens with zero attached hydrogens (tertiary/aromatic N) is 3. The monoisotopic (exact) mass is 177 g/mol. The molecule has 0 aromatic carbocycles. The van der Waals surface area contributed by atoms with E-state index in [9.17, 15) is 0 Å². The van der Waals surface area contributed by atoms with E-state index in [0.717, 1.165) is 5.39 Å². The van der Waals surface area contributed by atoms with Crippen LogP contribution < -0.4 is 0 Å². The Morgan fingerprint density at radius 1 is 1.33 bits per heavy atom. The fraction of sp³-hybridized carbons (Fsp3) is 0.125. The lowest BCUT2D eigenvalue weighted by Gasteiger charge is -1.99. The Bertz CT molecular complexity index is 428. The molecule has 2 rings (SSSR count). The Morgan fingerprint density at radius 3 is 3.00 bits per heavy atom. The molecule has 0 bridgehead atoms. The Kier molecular flexibility index (Phi) is 1.69. The van der Waals surface area contributed by atoms with Gasteiger partial charge in [0.1, 0.15) is 10.9 Å². The summed E-state index contributed by atoms with van der Waals surface area (Å²) in [6.07, 6.45) is 1.71. The van der Waals surface area contributed by atoms with E-state index in [-0.39, 0.29) is 0 Å². The lowest BCUT2D eigenvalue weighted by molar-refractivity contribution is 1.00. The highest BCUT2D eigenvalue weighted by Gasteiger charge is 2.00. The van der Waals surface area contributed by atoms with Crippen molar-refractivity contribution in [3.8, 4) is 0 Å². The number of rotatable bonds is 0. The van der Waals surface area contributed by atoms with Crippen LogP contribution in [0, 0.1) is 6.92 Å². The molecule has 0 saturated carbocycles. The third-order valence-corrected chi connectivity index (χ3v) is 1.90. The molecule has 0 radical (unpaired) electrons. The zero-order valence-electron chi connectivity index (χ0n) is 6.52. The van der Waals surface area contributed by atoms with Gasteiger partial charge in [-0.3, -0.25) is 0 Å². The molecule has 0 saturated heterocycles. The summed E-state index contributed by atoms with van der Waals surface area (Å²) in [5.74, 6) is 0.700. The third kappa shape index (κ3) is 1.14. The average molecular weight is 177 g/mol. The number of hydrogen-bond acceptors (Lipinski definition) is 4. The lowest BCUT2D eigenvalue weighted by Crippen LogP contribution is -1.92. The summed E-state index contributed by atoms with van der Waals surface area (Å²) >= 11 is 4.23. The Labute approximate surface area is 75.3 Å². The zero-order valence-corrected chi connectivity index (χ0v) is 7.42. The molecule has 60 valence electrons. The SMILES string of the molecule is Cc1nc(S)c2cccnc2n1. The maximum atomic E-state index is 4.23. The van der Waals surface area contributed by atoms with Gasteiger partial charge in [0.25, 0.3) is 0 Å². The molecule has 0 amide bonds. The molecular formula is C8H7N3S. The van der Waals surface area contributed by atoms with Crippen LogP contribution >= 0.6 is 12.6 Å². The molecular weight excluding hydrogens is 170 g/mol. The van der Waals surface area contributed by atoms with E-state index in [4.69, 9.17) is 0 Å². The second-order valence-corrected chi connectivity index (χ2v) is 2.89. The molecule has 0 fully saturated rings. The van der Waals surface area contributed by atoms with Crippen LogP contribution in [0.5, 0.6) is 0 Å². The molecule has 0 unspecified atom stereocenters. The van der Waals surface area contributed by atoms with Crippen molar-refractivity contribution < 1.29 is 0 Å². The van der Waals surface area contributed by atoms with Crippen LogP contribution in [0.3, 0.4) is 0 Å². The van der Waals surface area contributed by atoms with Gasteiger partial charge < -0.3 is 0 Å². The molecule has 2 heterocycles. The van der Waals surface area contributed by atoms with Crippen LogP contribution in [-0.2, 0) is 0 Å². The zero-order chi connectivity index (χ0) is 8.55. The fourth-order valence-corrected chi connectivity index (χ4v) is 1.37. The van der Waals surface area contributed by atoms with E-state index >= 15 is 0 Å². The molecule has 0 atom stereocenters. The summed E-state index contributed by atoms with van der Waals surface area (Å²) in [6, 6.07) is 3.75. The summed E-state index contributed by atoms with van der Waals surface area (Å²) in [5.41, 5.74) is 0.704. The molecule has 0 aliphatic heterocycles. The minimum atomic E-state index is 0.686. The summed E-state index contributed by atoms with van der Waals surface area (Å²) in [7, 11) is 0. The van der Waals surface area contributed by atoms with Gasteiger partial charge in [-0.15, -0.1) is 12.6 Å². The molecule has 0 aliphatic rings. The van der Waals surface area contributed by atoms with Gasteiger partial charge in [0.15, 0.2) is 5.65 Å². The van der Waals surface area contributed by atoms with Crippen molar-refractivity contribution in [2.75, 3.05) is 0 Å². The highest BCUT2D eigenvalue weighted by molar-refractivity contribution is 7.80. The molecule has 0 N–H and O–H groups in total. The highest BCUT2D eigenvalue weighted by Crippen LogP contribution is 2.15. The third-order valence-electron chi connectivity index (χ3n) is 1.56. The van der Waals surface area contributed by atoms with Crippen molar-refractivity contribution in [2.24, 2.45) is 0 Å². The quantitative estimate of drug-likeness (QED) is 0.491. The van der Waals surface area contributed by atoms with Gasteiger partial charge in [0.05, 0.1) is 5.39 Å². The lowest BCUT2D eigenvalue weighted by atomic mass is 10.3. The normalized spacial score (nSPS) is 10.5. The van der Waals surface area contributed by atoms with Crippen molar-refractivity contribution >= 4 is 23.7 Å². The van der Waals surface area contributed by atoms with Gasteiger partial charge in [-0.05, 0) is 19.1 Å². The Morgan fingerprint density at radius 2 is 2.17 bits per heavy atom. The molecule has 2 aromatic rings. The van der Waals surface area contributed by atoms with Crippen LogP contribution in [0.4, 0.5) is 0 Å². The number of thiol groups is 1. The van der Waals surface area contributed by atoms with E-state index < -0.39 is 0 Å². The van der Waals surface area contributed by atoms with E-state index in [0.29, 0.717) is 16.5 Å². The first-order valence-electron chi connectivity index (χ1n) is 3.56. The van der Waals surface area contributed by atoms with Crippen LogP contribution in [0.15, 0.2) is 23.4 Å². The summed E-state index contributed by atoms with van der Waals surface area (Å²) in [5, 5.41) is 1.58. The minimum absolute atomic E-state index is 0.686. The minimum Gasteiger partial charge on any atom is -0.236 e. The molecule has 2 aromatic heterocycles. The van der Waals surface area contributed by atoms with Gasteiger partial charge in [0, 0.05) is 6.20 Å². The number of fused-ring (bicyclic) bond motifs is 1. The molecule has 0 spiro atoms. The average Bonchev–Trinajstić information content (AvgIpc) is 2.04. The van der Waals surface area contributed by atoms with Crippen LogP contribution in [0.1, 0.15) is 5.82 Å². The van der Waals surface area contributed by atoms with Crippen LogP contribution in [0.2, 0.25) is 0 Å². The van der Waals surface area contributed by atoms with Gasteiger partial charge >= 0.3 is 0 Å². The van der Waals surface area contributed by atoms with Gasteiger partial charge in [-0.1, -0.05) is 0 Å². The summed E-state index contributed by atoms with van der Waals surface area (Å²) in [4.78, 5) is 12.4.